The molecule has 5 heteroatoms. The molecule has 1 atom stereocenters. The monoisotopic (exact) mass is 287 g/mol. The summed E-state index contributed by atoms with van der Waals surface area (Å²) in [5, 5.41) is 2.18. The van der Waals surface area contributed by atoms with E-state index in [9.17, 15) is 0 Å². The second-order valence-electron chi connectivity index (χ2n) is 5.39. The predicted octanol–water partition coefficient (Wildman–Crippen LogP) is 2.18. The molecule has 0 spiro atoms. The molecule has 0 saturated carbocycles. The second kappa shape index (κ2) is 5.77. The first-order valence-electron chi connectivity index (χ1n) is 7.32. The average Bonchev–Trinajstić information content (AvgIpc) is 2.52. The predicted molar refractivity (Wildman–Crippen MR) is 84.3 cm³/mol. The number of rotatable bonds is 4. The van der Waals surface area contributed by atoms with Crippen molar-refractivity contribution in [3.05, 3.63) is 24.4 Å². The molecular formula is C16H21N3O2. The molecule has 0 fully saturated rings. The van der Waals surface area contributed by atoms with E-state index in [1.54, 1.807) is 0 Å². The number of fused-ring (bicyclic) bond motifs is 2. The van der Waals surface area contributed by atoms with E-state index in [1.165, 1.54) is 0 Å². The molecule has 21 heavy (non-hydrogen) atoms. The number of nitrogens with zero attached hydrogens (tertiary/aromatic N) is 2. The lowest BCUT2D eigenvalue weighted by molar-refractivity contribution is 0.172. The lowest BCUT2D eigenvalue weighted by atomic mass is 10.1. The van der Waals surface area contributed by atoms with Crippen molar-refractivity contribution in [1.82, 2.24) is 4.98 Å². The highest BCUT2D eigenvalue weighted by Gasteiger charge is 2.18. The highest BCUT2D eigenvalue weighted by molar-refractivity contribution is 5.94. The number of benzene rings is 1. The first kappa shape index (κ1) is 13.9. The molecule has 1 aromatic carbocycles. The van der Waals surface area contributed by atoms with Crippen molar-refractivity contribution < 1.29 is 9.47 Å². The zero-order chi connectivity index (χ0) is 14.8. The number of nitrogens with two attached hydrogens (primary N) is 1. The largest absolute Gasteiger partial charge is 0.486 e. The normalized spacial score (nSPS) is 15.0. The Hall–Kier alpha value is -2.01. The van der Waals surface area contributed by atoms with Gasteiger partial charge in [0.1, 0.15) is 19.0 Å². The van der Waals surface area contributed by atoms with Crippen molar-refractivity contribution in [2.75, 3.05) is 31.7 Å². The molecule has 0 amide bonds. The van der Waals surface area contributed by atoms with Crippen molar-refractivity contribution in [2.45, 2.75) is 19.4 Å². The molecule has 0 bridgehead atoms. The molecule has 2 N–H and O–H groups in total. The molecule has 0 aliphatic carbocycles. The lowest BCUT2D eigenvalue weighted by Gasteiger charge is -2.27. The Bertz CT molecular complexity index is 645. The molecule has 2 aromatic rings. The van der Waals surface area contributed by atoms with Crippen LogP contribution in [0.1, 0.15) is 13.3 Å². The van der Waals surface area contributed by atoms with Crippen LogP contribution in [0.15, 0.2) is 24.4 Å². The summed E-state index contributed by atoms with van der Waals surface area (Å²) < 4.78 is 11.3. The van der Waals surface area contributed by atoms with Crippen LogP contribution in [0.2, 0.25) is 0 Å². The van der Waals surface area contributed by atoms with E-state index in [0.29, 0.717) is 25.8 Å². The fraction of sp³-hybridized carbons (Fsp3) is 0.438. The number of ether oxygens (including phenoxy) is 2. The van der Waals surface area contributed by atoms with Gasteiger partial charge in [0.25, 0.3) is 0 Å². The first-order valence-corrected chi connectivity index (χ1v) is 7.32. The van der Waals surface area contributed by atoms with Crippen LogP contribution in [0, 0.1) is 0 Å². The van der Waals surface area contributed by atoms with Crippen LogP contribution < -0.4 is 20.1 Å². The van der Waals surface area contributed by atoms with Crippen molar-refractivity contribution in [1.29, 1.82) is 0 Å². The van der Waals surface area contributed by atoms with Crippen molar-refractivity contribution >= 4 is 16.6 Å². The van der Waals surface area contributed by atoms with Gasteiger partial charge in [0.2, 0.25) is 0 Å². The van der Waals surface area contributed by atoms with Crippen molar-refractivity contribution in [2.24, 2.45) is 5.73 Å². The fourth-order valence-electron chi connectivity index (χ4n) is 2.62. The third-order valence-electron chi connectivity index (χ3n) is 3.99. The molecule has 112 valence electrons. The molecule has 1 aliphatic rings. The zero-order valence-electron chi connectivity index (χ0n) is 12.5. The van der Waals surface area contributed by atoms with Gasteiger partial charge in [-0.1, -0.05) is 0 Å². The summed E-state index contributed by atoms with van der Waals surface area (Å²) in [5.41, 5.74) is 5.67. The number of aromatic nitrogens is 1. The summed E-state index contributed by atoms with van der Waals surface area (Å²) >= 11 is 0. The maximum absolute atomic E-state index is 5.68. The Morgan fingerprint density at radius 1 is 1.29 bits per heavy atom. The van der Waals surface area contributed by atoms with Gasteiger partial charge in [-0.15, -0.1) is 0 Å². The van der Waals surface area contributed by atoms with Gasteiger partial charge in [-0.05, 0) is 43.5 Å². The molecule has 2 heterocycles. The van der Waals surface area contributed by atoms with E-state index in [1.807, 2.05) is 24.4 Å². The molecule has 0 saturated heterocycles. The van der Waals surface area contributed by atoms with Crippen LogP contribution in [0.3, 0.4) is 0 Å². The molecule has 0 radical (unpaired) electrons. The summed E-state index contributed by atoms with van der Waals surface area (Å²) in [6.45, 7) is 4.02. The van der Waals surface area contributed by atoms with E-state index in [4.69, 9.17) is 15.2 Å². The Labute approximate surface area is 124 Å². The Morgan fingerprint density at radius 2 is 2.00 bits per heavy atom. The third kappa shape index (κ3) is 2.61. The minimum absolute atomic E-state index is 0.335. The fourth-order valence-corrected chi connectivity index (χ4v) is 2.62. The van der Waals surface area contributed by atoms with Crippen LogP contribution in [0.5, 0.6) is 11.5 Å². The van der Waals surface area contributed by atoms with Gasteiger partial charge in [0, 0.05) is 24.7 Å². The zero-order valence-corrected chi connectivity index (χ0v) is 12.5. The van der Waals surface area contributed by atoms with E-state index in [-0.39, 0.29) is 0 Å². The Kier molecular flexibility index (Phi) is 3.84. The lowest BCUT2D eigenvalue weighted by Crippen LogP contribution is -2.31. The van der Waals surface area contributed by atoms with Crippen molar-refractivity contribution in [3.63, 3.8) is 0 Å². The van der Waals surface area contributed by atoms with Crippen LogP contribution in [0.25, 0.3) is 10.8 Å². The van der Waals surface area contributed by atoms with E-state index in [2.05, 4.69) is 23.9 Å². The van der Waals surface area contributed by atoms with Gasteiger partial charge >= 0.3 is 0 Å². The van der Waals surface area contributed by atoms with Gasteiger partial charge in [0.15, 0.2) is 11.5 Å². The maximum Gasteiger partial charge on any atom is 0.162 e. The van der Waals surface area contributed by atoms with Gasteiger partial charge in [0.05, 0.1) is 0 Å². The van der Waals surface area contributed by atoms with Crippen LogP contribution in [-0.2, 0) is 0 Å². The van der Waals surface area contributed by atoms with Crippen LogP contribution in [-0.4, -0.2) is 37.8 Å². The second-order valence-corrected chi connectivity index (χ2v) is 5.39. The minimum atomic E-state index is 0.335. The van der Waals surface area contributed by atoms with E-state index >= 15 is 0 Å². The van der Waals surface area contributed by atoms with Crippen molar-refractivity contribution in [3.8, 4) is 11.5 Å². The SMILES string of the molecule is CC(CCN)N(C)c1nccc2cc3c(cc12)OCCO3. The standard InChI is InChI=1S/C16H21N3O2/c1-11(3-5-17)19(2)16-13-10-15-14(20-7-8-21-15)9-12(13)4-6-18-16/h4,6,9-11H,3,5,7-8,17H2,1-2H3. The average molecular weight is 287 g/mol. The third-order valence-corrected chi connectivity index (χ3v) is 3.99. The van der Waals surface area contributed by atoms with Gasteiger partial charge in [-0.3, -0.25) is 0 Å². The highest BCUT2D eigenvalue weighted by atomic mass is 16.6. The molecular weight excluding hydrogens is 266 g/mol. The topological polar surface area (TPSA) is 60.6 Å². The Balaban J connectivity index is 2.06. The van der Waals surface area contributed by atoms with Gasteiger partial charge < -0.3 is 20.1 Å². The first-order chi connectivity index (χ1) is 10.2. The van der Waals surface area contributed by atoms with Crippen LogP contribution in [0.4, 0.5) is 5.82 Å². The van der Waals surface area contributed by atoms with Crippen LogP contribution >= 0.6 is 0 Å². The van der Waals surface area contributed by atoms with E-state index < -0.39 is 0 Å². The van der Waals surface area contributed by atoms with E-state index in [0.717, 1.165) is 34.5 Å². The summed E-state index contributed by atoms with van der Waals surface area (Å²) in [6, 6.07) is 6.38. The molecule has 5 nitrogen and oxygen atoms in total. The molecule has 1 aromatic heterocycles. The molecule has 1 unspecified atom stereocenters. The quantitative estimate of drug-likeness (QED) is 0.934. The summed E-state index contributed by atoms with van der Waals surface area (Å²) in [7, 11) is 2.05. The van der Waals surface area contributed by atoms with Gasteiger partial charge in [-0.25, -0.2) is 4.98 Å². The minimum Gasteiger partial charge on any atom is -0.486 e. The van der Waals surface area contributed by atoms with Gasteiger partial charge in [-0.2, -0.15) is 0 Å². The maximum atomic E-state index is 5.68. The number of hydrogen-bond donors (Lipinski definition) is 1. The Morgan fingerprint density at radius 3 is 2.71 bits per heavy atom. The number of hydrogen-bond acceptors (Lipinski definition) is 5. The summed E-state index contributed by atoms with van der Waals surface area (Å²) in [6.07, 6.45) is 2.76. The number of pyridine rings is 1. The number of anilines is 1. The molecule has 3 rings (SSSR count). The summed E-state index contributed by atoms with van der Waals surface area (Å²) in [4.78, 5) is 6.72. The highest BCUT2D eigenvalue weighted by Crippen LogP contribution is 2.37. The molecule has 1 aliphatic heterocycles. The summed E-state index contributed by atoms with van der Waals surface area (Å²) in [5.74, 6) is 2.55. The smallest absolute Gasteiger partial charge is 0.162 e.